The molecule has 0 saturated heterocycles. The van der Waals surface area contributed by atoms with Gasteiger partial charge in [0.1, 0.15) is 18.4 Å². The molecular formula is C12H9N5O3. The normalized spacial score (nSPS) is 10.7. The average molecular weight is 271 g/mol. The number of fused-ring (bicyclic) bond motifs is 1. The van der Waals surface area contributed by atoms with E-state index < -0.39 is 4.92 Å². The molecule has 0 N–H and O–H groups in total. The predicted molar refractivity (Wildman–Crippen MR) is 68.7 cm³/mol. The summed E-state index contributed by atoms with van der Waals surface area (Å²) < 4.78 is 7.25. The van der Waals surface area contributed by atoms with Gasteiger partial charge in [0.05, 0.1) is 4.92 Å². The molecule has 0 bridgehead atoms. The first kappa shape index (κ1) is 12.0. The molecule has 1 aromatic carbocycles. The molecule has 0 aliphatic heterocycles. The number of aromatic nitrogens is 4. The maximum atomic E-state index is 10.7. The monoisotopic (exact) mass is 271 g/mol. The summed E-state index contributed by atoms with van der Waals surface area (Å²) in [6.45, 7) is 1.73. The topological polar surface area (TPSA) is 95.5 Å². The standard InChI is InChI=1S/C12H9N5O3/c1-8-4-9(17(18)19)2-3-10(8)20-12-5-11-15-14-7-16(11)6-13-12/h2-7H,1H3. The number of non-ortho nitro benzene ring substituents is 1. The van der Waals surface area contributed by atoms with Crippen molar-refractivity contribution in [2.75, 3.05) is 0 Å². The molecule has 0 unspecified atom stereocenters. The predicted octanol–water partition coefficient (Wildman–Crippen LogP) is 2.13. The largest absolute Gasteiger partial charge is 0.439 e. The number of aryl methyl sites for hydroxylation is 1. The van der Waals surface area contributed by atoms with Gasteiger partial charge in [0, 0.05) is 18.2 Å². The number of rotatable bonds is 3. The summed E-state index contributed by atoms with van der Waals surface area (Å²) in [6.07, 6.45) is 3.06. The van der Waals surface area contributed by atoms with E-state index in [9.17, 15) is 10.1 Å². The summed E-state index contributed by atoms with van der Waals surface area (Å²) >= 11 is 0. The van der Waals surface area contributed by atoms with E-state index in [1.807, 2.05) is 0 Å². The molecule has 2 heterocycles. The van der Waals surface area contributed by atoms with E-state index in [1.54, 1.807) is 23.5 Å². The highest BCUT2D eigenvalue weighted by molar-refractivity contribution is 5.46. The lowest BCUT2D eigenvalue weighted by molar-refractivity contribution is -0.384. The van der Waals surface area contributed by atoms with Gasteiger partial charge in [0.25, 0.3) is 5.69 Å². The summed E-state index contributed by atoms with van der Waals surface area (Å²) in [5.74, 6) is 0.856. The van der Waals surface area contributed by atoms with Crippen molar-refractivity contribution >= 4 is 11.3 Å². The Morgan fingerprint density at radius 2 is 2.15 bits per heavy atom. The lowest BCUT2D eigenvalue weighted by Crippen LogP contribution is -1.94. The van der Waals surface area contributed by atoms with E-state index in [0.717, 1.165) is 0 Å². The van der Waals surface area contributed by atoms with E-state index in [4.69, 9.17) is 4.74 Å². The SMILES string of the molecule is Cc1cc([N+](=O)[O-])ccc1Oc1cc2nncn2cn1. The minimum absolute atomic E-state index is 0.0238. The van der Waals surface area contributed by atoms with Crippen molar-refractivity contribution in [3.8, 4) is 11.6 Å². The fourth-order valence-corrected chi connectivity index (χ4v) is 1.74. The van der Waals surface area contributed by atoms with E-state index in [0.29, 0.717) is 22.8 Å². The molecule has 0 atom stereocenters. The van der Waals surface area contributed by atoms with Crippen LogP contribution in [0.4, 0.5) is 5.69 Å². The molecule has 3 aromatic rings. The summed E-state index contributed by atoms with van der Waals surface area (Å²) in [5.41, 5.74) is 1.28. The lowest BCUT2D eigenvalue weighted by Gasteiger charge is -2.07. The molecule has 8 nitrogen and oxygen atoms in total. The highest BCUT2D eigenvalue weighted by Crippen LogP contribution is 2.27. The zero-order valence-electron chi connectivity index (χ0n) is 10.4. The number of nitro groups is 1. The highest BCUT2D eigenvalue weighted by Gasteiger charge is 2.10. The number of ether oxygens (including phenoxy) is 1. The zero-order valence-corrected chi connectivity index (χ0v) is 10.4. The Balaban J connectivity index is 1.92. The van der Waals surface area contributed by atoms with Crippen LogP contribution in [-0.4, -0.2) is 24.5 Å². The molecule has 100 valence electrons. The second-order valence-corrected chi connectivity index (χ2v) is 4.13. The third-order valence-electron chi connectivity index (χ3n) is 2.75. The van der Waals surface area contributed by atoms with Crippen molar-refractivity contribution in [3.63, 3.8) is 0 Å². The van der Waals surface area contributed by atoms with E-state index in [2.05, 4.69) is 15.2 Å². The number of nitrogens with zero attached hydrogens (tertiary/aromatic N) is 5. The van der Waals surface area contributed by atoms with Crippen LogP contribution in [-0.2, 0) is 0 Å². The molecular weight excluding hydrogens is 262 g/mol. The molecule has 2 aromatic heterocycles. The number of nitro benzene ring substituents is 1. The maximum Gasteiger partial charge on any atom is 0.269 e. The molecule has 8 heteroatoms. The first-order chi connectivity index (χ1) is 9.63. The van der Waals surface area contributed by atoms with Crippen LogP contribution in [0.1, 0.15) is 5.56 Å². The van der Waals surface area contributed by atoms with Crippen LogP contribution in [0.25, 0.3) is 5.65 Å². The highest BCUT2D eigenvalue weighted by atomic mass is 16.6. The summed E-state index contributed by atoms with van der Waals surface area (Å²) in [5, 5.41) is 18.3. The Bertz CT molecular complexity index is 799. The van der Waals surface area contributed by atoms with E-state index >= 15 is 0 Å². The van der Waals surface area contributed by atoms with Gasteiger partial charge in [0.15, 0.2) is 5.65 Å². The lowest BCUT2D eigenvalue weighted by atomic mass is 10.2. The summed E-state index contributed by atoms with van der Waals surface area (Å²) in [6, 6.07) is 6.01. The van der Waals surface area contributed by atoms with Gasteiger partial charge in [-0.1, -0.05) is 0 Å². The van der Waals surface area contributed by atoms with Gasteiger partial charge in [-0.2, -0.15) is 0 Å². The van der Waals surface area contributed by atoms with Crippen molar-refractivity contribution in [3.05, 3.63) is 52.6 Å². The number of hydrogen-bond donors (Lipinski definition) is 0. The third kappa shape index (κ3) is 2.14. The molecule has 0 spiro atoms. The molecule has 20 heavy (non-hydrogen) atoms. The van der Waals surface area contributed by atoms with Crippen molar-refractivity contribution < 1.29 is 9.66 Å². The van der Waals surface area contributed by atoms with Gasteiger partial charge < -0.3 is 4.74 Å². The average Bonchev–Trinajstić information content (AvgIpc) is 2.88. The van der Waals surface area contributed by atoms with E-state index in [1.165, 1.54) is 24.8 Å². The number of hydrogen-bond acceptors (Lipinski definition) is 6. The molecule has 3 rings (SSSR count). The molecule has 0 amide bonds. The van der Waals surface area contributed by atoms with Crippen LogP contribution in [0.15, 0.2) is 36.9 Å². The van der Waals surface area contributed by atoms with Gasteiger partial charge in [-0.25, -0.2) is 4.98 Å². The second kappa shape index (κ2) is 4.57. The van der Waals surface area contributed by atoms with Crippen molar-refractivity contribution in [1.82, 2.24) is 19.6 Å². The smallest absolute Gasteiger partial charge is 0.269 e. The first-order valence-corrected chi connectivity index (χ1v) is 5.72. The number of benzene rings is 1. The fraction of sp³-hybridized carbons (Fsp3) is 0.0833. The molecule has 0 fully saturated rings. The molecule has 0 saturated carbocycles. The van der Waals surface area contributed by atoms with Gasteiger partial charge in [-0.15, -0.1) is 10.2 Å². The Hall–Kier alpha value is -3.03. The third-order valence-corrected chi connectivity index (χ3v) is 2.75. The summed E-state index contributed by atoms with van der Waals surface area (Å²) in [7, 11) is 0. The molecule has 0 aliphatic rings. The Morgan fingerprint density at radius 1 is 1.30 bits per heavy atom. The minimum atomic E-state index is -0.447. The quantitative estimate of drug-likeness (QED) is 0.535. The first-order valence-electron chi connectivity index (χ1n) is 5.72. The second-order valence-electron chi connectivity index (χ2n) is 4.13. The zero-order chi connectivity index (χ0) is 14.1. The Kier molecular flexibility index (Phi) is 2.75. The summed E-state index contributed by atoms with van der Waals surface area (Å²) in [4.78, 5) is 14.3. The van der Waals surface area contributed by atoms with Crippen LogP contribution < -0.4 is 4.74 Å². The van der Waals surface area contributed by atoms with Crippen molar-refractivity contribution in [2.24, 2.45) is 0 Å². The Labute approximate surface area is 112 Å². The molecule has 0 aliphatic carbocycles. The van der Waals surface area contributed by atoms with Gasteiger partial charge in [-0.3, -0.25) is 14.5 Å². The van der Waals surface area contributed by atoms with Crippen LogP contribution in [0, 0.1) is 17.0 Å². The van der Waals surface area contributed by atoms with Crippen molar-refractivity contribution in [2.45, 2.75) is 6.92 Å². The van der Waals surface area contributed by atoms with Gasteiger partial charge in [0.2, 0.25) is 5.88 Å². The van der Waals surface area contributed by atoms with Crippen LogP contribution >= 0.6 is 0 Å². The van der Waals surface area contributed by atoms with Crippen LogP contribution in [0.5, 0.6) is 11.6 Å². The Morgan fingerprint density at radius 3 is 2.90 bits per heavy atom. The van der Waals surface area contributed by atoms with Crippen LogP contribution in [0.3, 0.4) is 0 Å². The molecule has 0 radical (unpaired) electrons. The maximum absolute atomic E-state index is 10.7. The van der Waals surface area contributed by atoms with Gasteiger partial charge >= 0.3 is 0 Å². The van der Waals surface area contributed by atoms with Gasteiger partial charge in [-0.05, 0) is 18.6 Å². The van der Waals surface area contributed by atoms with E-state index in [-0.39, 0.29) is 5.69 Å². The van der Waals surface area contributed by atoms with Crippen LogP contribution in [0.2, 0.25) is 0 Å². The minimum Gasteiger partial charge on any atom is -0.439 e. The fourth-order valence-electron chi connectivity index (χ4n) is 1.74. The van der Waals surface area contributed by atoms with Crippen molar-refractivity contribution in [1.29, 1.82) is 0 Å².